The van der Waals surface area contributed by atoms with Crippen LogP contribution >= 0.6 is 0 Å². The SMILES string of the molecule is CN=C(NCCC(=O)OC)NC(C)c1ccc(OCC(C)C)cc1. The van der Waals surface area contributed by atoms with Crippen molar-refractivity contribution < 1.29 is 14.3 Å². The van der Waals surface area contributed by atoms with Gasteiger partial charge >= 0.3 is 5.97 Å². The van der Waals surface area contributed by atoms with Gasteiger partial charge in [0.15, 0.2) is 5.96 Å². The standard InChI is InChI=1S/C18H29N3O3/c1-13(2)12-24-16-8-6-15(7-9-16)14(3)21-18(19-4)20-11-10-17(22)23-5/h6-9,13-14H,10-12H2,1-5H3,(H2,19,20,21). The molecular formula is C18H29N3O3. The van der Waals surface area contributed by atoms with Crippen LogP contribution in [-0.2, 0) is 9.53 Å². The Morgan fingerprint density at radius 1 is 1.21 bits per heavy atom. The van der Waals surface area contributed by atoms with Crippen LogP contribution in [0.5, 0.6) is 5.75 Å². The lowest BCUT2D eigenvalue weighted by Gasteiger charge is -2.18. The van der Waals surface area contributed by atoms with E-state index in [1.807, 2.05) is 24.3 Å². The molecular weight excluding hydrogens is 306 g/mol. The number of benzene rings is 1. The molecule has 6 nitrogen and oxygen atoms in total. The maximum Gasteiger partial charge on any atom is 0.307 e. The molecule has 0 heterocycles. The average molecular weight is 335 g/mol. The van der Waals surface area contributed by atoms with Crippen LogP contribution in [0.25, 0.3) is 0 Å². The zero-order chi connectivity index (χ0) is 17.9. The predicted octanol–water partition coefficient (Wildman–Crippen LogP) is 2.51. The van der Waals surface area contributed by atoms with Gasteiger partial charge in [0, 0.05) is 13.6 Å². The molecule has 0 aliphatic heterocycles. The van der Waals surface area contributed by atoms with E-state index >= 15 is 0 Å². The van der Waals surface area contributed by atoms with E-state index in [1.54, 1.807) is 7.05 Å². The number of hydrogen-bond donors (Lipinski definition) is 2. The van der Waals surface area contributed by atoms with Crippen LogP contribution < -0.4 is 15.4 Å². The number of hydrogen-bond acceptors (Lipinski definition) is 4. The van der Waals surface area contributed by atoms with E-state index in [2.05, 4.69) is 41.1 Å². The summed E-state index contributed by atoms with van der Waals surface area (Å²) in [6.07, 6.45) is 0.299. The smallest absolute Gasteiger partial charge is 0.307 e. The topological polar surface area (TPSA) is 72.0 Å². The van der Waals surface area contributed by atoms with Crippen molar-refractivity contribution in [2.24, 2.45) is 10.9 Å². The van der Waals surface area contributed by atoms with Gasteiger partial charge in [-0.25, -0.2) is 0 Å². The van der Waals surface area contributed by atoms with Crippen LogP contribution in [0.15, 0.2) is 29.3 Å². The Bertz CT molecular complexity index is 527. The highest BCUT2D eigenvalue weighted by Crippen LogP contribution is 2.18. The number of aliphatic imine (C=N–C) groups is 1. The lowest BCUT2D eigenvalue weighted by atomic mass is 10.1. The molecule has 1 aromatic carbocycles. The number of esters is 1. The third kappa shape index (κ3) is 7.35. The second-order valence-electron chi connectivity index (χ2n) is 5.97. The van der Waals surface area contributed by atoms with Gasteiger partial charge in [0.2, 0.25) is 0 Å². The van der Waals surface area contributed by atoms with Crippen molar-refractivity contribution in [3.05, 3.63) is 29.8 Å². The summed E-state index contributed by atoms with van der Waals surface area (Å²) in [6.45, 7) is 7.49. The van der Waals surface area contributed by atoms with E-state index < -0.39 is 0 Å². The maximum atomic E-state index is 11.1. The summed E-state index contributed by atoms with van der Waals surface area (Å²) in [5.41, 5.74) is 1.13. The second kappa shape index (κ2) is 10.5. The molecule has 0 aliphatic carbocycles. The van der Waals surface area contributed by atoms with Gasteiger partial charge in [0.05, 0.1) is 26.2 Å². The van der Waals surface area contributed by atoms with Crippen molar-refractivity contribution in [3.8, 4) is 5.75 Å². The Morgan fingerprint density at radius 2 is 1.88 bits per heavy atom. The zero-order valence-electron chi connectivity index (χ0n) is 15.3. The van der Waals surface area contributed by atoms with Gasteiger partial charge in [-0.2, -0.15) is 0 Å². The minimum absolute atomic E-state index is 0.0773. The van der Waals surface area contributed by atoms with Crippen LogP contribution in [0.4, 0.5) is 0 Å². The number of nitrogens with one attached hydrogen (secondary N) is 2. The number of ether oxygens (including phenoxy) is 2. The second-order valence-corrected chi connectivity index (χ2v) is 5.97. The van der Waals surface area contributed by atoms with Crippen molar-refractivity contribution in [1.29, 1.82) is 0 Å². The summed E-state index contributed by atoms with van der Waals surface area (Å²) in [5, 5.41) is 6.38. The summed E-state index contributed by atoms with van der Waals surface area (Å²) in [6, 6.07) is 8.10. The van der Waals surface area contributed by atoms with E-state index in [4.69, 9.17) is 4.74 Å². The Kier molecular flexibility index (Phi) is 8.68. The first-order valence-corrected chi connectivity index (χ1v) is 8.23. The molecule has 0 saturated heterocycles. The number of rotatable bonds is 8. The average Bonchev–Trinajstić information content (AvgIpc) is 2.59. The molecule has 0 saturated carbocycles. The van der Waals surface area contributed by atoms with Gasteiger partial charge in [-0.05, 0) is 30.5 Å². The molecule has 0 fully saturated rings. The van der Waals surface area contributed by atoms with Crippen LogP contribution in [0.2, 0.25) is 0 Å². The molecule has 1 aromatic rings. The number of carbonyl (C=O) groups is 1. The highest BCUT2D eigenvalue weighted by Gasteiger charge is 2.09. The fourth-order valence-corrected chi connectivity index (χ4v) is 1.98. The summed E-state index contributed by atoms with van der Waals surface area (Å²) in [5.74, 6) is 1.78. The summed E-state index contributed by atoms with van der Waals surface area (Å²) in [4.78, 5) is 15.3. The Labute approximate surface area is 144 Å². The molecule has 0 aromatic heterocycles. The quantitative estimate of drug-likeness (QED) is 0.434. The fourth-order valence-electron chi connectivity index (χ4n) is 1.98. The fraction of sp³-hybridized carbons (Fsp3) is 0.556. The highest BCUT2D eigenvalue weighted by molar-refractivity contribution is 5.80. The molecule has 0 bridgehead atoms. The van der Waals surface area contributed by atoms with Gasteiger partial charge in [-0.1, -0.05) is 26.0 Å². The molecule has 0 amide bonds. The van der Waals surface area contributed by atoms with Gasteiger partial charge < -0.3 is 20.1 Å². The third-order valence-electron chi connectivity index (χ3n) is 3.39. The zero-order valence-corrected chi connectivity index (χ0v) is 15.3. The van der Waals surface area contributed by atoms with Crippen molar-refractivity contribution in [3.63, 3.8) is 0 Å². The van der Waals surface area contributed by atoms with Gasteiger partial charge in [0.1, 0.15) is 5.75 Å². The Morgan fingerprint density at radius 3 is 2.42 bits per heavy atom. The molecule has 24 heavy (non-hydrogen) atoms. The Balaban J connectivity index is 2.50. The number of methoxy groups -OCH3 is 1. The van der Waals surface area contributed by atoms with Crippen LogP contribution in [0.1, 0.15) is 38.8 Å². The molecule has 134 valence electrons. The molecule has 0 radical (unpaired) electrons. The van der Waals surface area contributed by atoms with Crippen LogP contribution in [0.3, 0.4) is 0 Å². The van der Waals surface area contributed by atoms with E-state index in [0.717, 1.165) is 11.3 Å². The molecule has 1 atom stereocenters. The normalized spacial score (nSPS) is 12.7. The summed E-state index contributed by atoms with van der Waals surface area (Å²) in [7, 11) is 3.08. The lowest BCUT2D eigenvalue weighted by molar-refractivity contribution is -0.140. The first kappa shape index (κ1) is 19.8. The monoisotopic (exact) mass is 335 g/mol. The van der Waals surface area contributed by atoms with Crippen molar-refractivity contribution in [2.75, 3.05) is 27.3 Å². The maximum absolute atomic E-state index is 11.1. The van der Waals surface area contributed by atoms with E-state index in [1.165, 1.54) is 7.11 Å². The molecule has 0 spiro atoms. The van der Waals surface area contributed by atoms with Crippen molar-refractivity contribution in [2.45, 2.75) is 33.2 Å². The van der Waals surface area contributed by atoms with Crippen LogP contribution in [0, 0.1) is 5.92 Å². The van der Waals surface area contributed by atoms with E-state index in [-0.39, 0.29) is 12.0 Å². The molecule has 1 rings (SSSR count). The number of carbonyl (C=O) groups excluding carboxylic acids is 1. The number of guanidine groups is 1. The number of nitrogens with zero attached hydrogens (tertiary/aromatic N) is 1. The minimum Gasteiger partial charge on any atom is -0.493 e. The third-order valence-corrected chi connectivity index (χ3v) is 3.39. The first-order chi connectivity index (χ1) is 11.5. The Hall–Kier alpha value is -2.24. The molecule has 0 aliphatic rings. The molecule has 2 N–H and O–H groups in total. The van der Waals surface area contributed by atoms with Crippen molar-refractivity contribution in [1.82, 2.24) is 10.6 Å². The molecule has 1 unspecified atom stereocenters. The predicted molar refractivity (Wildman–Crippen MR) is 96.3 cm³/mol. The van der Waals surface area contributed by atoms with Crippen LogP contribution in [-0.4, -0.2) is 39.2 Å². The summed E-state index contributed by atoms with van der Waals surface area (Å²) >= 11 is 0. The van der Waals surface area contributed by atoms with Gasteiger partial charge in [0.25, 0.3) is 0 Å². The minimum atomic E-state index is -0.247. The lowest BCUT2D eigenvalue weighted by Crippen LogP contribution is -2.39. The van der Waals surface area contributed by atoms with Gasteiger partial charge in [-0.3, -0.25) is 9.79 Å². The highest BCUT2D eigenvalue weighted by atomic mass is 16.5. The van der Waals surface area contributed by atoms with E-state index in [0.29, 0.717) is 31.4 Å². The molecule has 6 heteroatoms. The largest absolute Gasteiger partial charge is 0.493 e. The summed E-state index contributed by atoms with van der Waals surface area (Å²) < 4.78 is 10.3. The van der Waals surface area contributed by atoms with E-state index in [9.17, 15) is 4.79 Å². The van der Waals surface area contributed by atoms with Gasteiger partial charge in [-0.15, -0.1) is 0 Å². The van der Waals surface area contributed by atoms with Crippen molar-refractivity contribution >= 4 is 11.9 Å². The first-order valence-electron chi connectivity index (χ1n) is 8.23.